The van der Waals surface area contributed by atoms with E-state index in [-0.39, 0.29) is 0 Å². The molecule has 0 aliphatic carbocycles. The molecule has 0 amide bonds. The summed E-state index contributed by atoms with van der Waals surface area (Å²) >= 11 is 11.2. The van der Waals surface area contributed by atoms with Crippen LogP contribution in [0.2, 0.25) is 5.02 Å². The smallest absolute Gasteiger partial charge is 0.115 e. The summed E-state index contributed by atoms with van der Waals surface area (Å²) in [6.07, 6.45) is 1.85. The second-order valence-corrected chi connectivity index (χ2v) is 5.62. The molecule has 0 radical (unpaired) electrons. The van der Waals surface area contributed by atoms with Crippen LogP contribution in [0.1, 0.15) is 5.56 Å². The van der Waals surface area contributed by atoms with Gasteiger partial charge >= 0.3 is 0 Å². The molecule has 0 spiro atoms. The molecule has 0 saturated heterocycles. The first-order valence-electron chi connectivity index (χ1n) is 4.71. The van der Waals surface area contributed by atoms with Gasteiger partial charge in [0.1, 0.15) is 5.03 Å². The van der Waals surface area contributed by atoms with E-state index in [4.69, 9.17) is 11.6 Å². The van der Waals surface area contributed by atoms with Gasteiger partial charge in [0.05, 0.1) is 9.50 Å². The minimum atomic E-state index is 0.752. The Morgan fingerprint density at radius 2 is 2.06 bits per heavy atom. The van der Waals surface area contributed by atoms with Gasteiger partial charge in [0.2, 0.25) is 0 Å². The average molecular weight is 315 g/mol. The SMILES string of the molecule is Cc1cnc(Sc2ccccc2Cl)c(Br)c1. The summed E-state index contributed by atoms with van der Waals surface area (Å²) in [6.45, 7) is 2.02. The standard InChI is InChI=1S/C12H9BrClNS/c1-8-6-9(13)12(15-7-8)16-11-5-3-2-4-10(11)14/h2-7H,1H3. The predicted octanol–water partition coefficient (Wildman–Crippen LogP) is 4.96. The highest BCUT2D eigenvalue weighted by Crippen LogP contribution is 2.35. The fourth-order valence-electron chi connectivity index (χ4n) is 1.23. The van der Waals surface area contributed by atoms with Crippen LogP contribution in [0, 0.1) is 6.92 Å². The van der Waals surface area contributed by atoms with Crippen LogP contribution in [0.25, 0.3) is 0 Å². The zero-order valence-electron chi connectivity index (χ0n) is 8.58. The first-order valence-corrected chi connectivity index (χ1v) is 6.70. The van der Waals surface area contributed by atoms with Gasteiger partial charge in [-0.15, -0.1) is 0 Å². The fourth-order valence-corrected chi connectivity index (χ4v) is 2.97. The fraction of sp³-hybridized carbons (Fsp3) is 0.0833. The van der Waals surface area contributed by atoms with Gasteiger partial charge in [-0.2, -0.15) is 0 Å². The number of aryl methyl sites for hydroxylation is 1. The maximum Gasteiger partial charge on any atom is 0.115 e. The first kappa shape index (κ1) is 12.0. The second-order valence-electron chi connectivity index (χ2n) is 3.33. The van der Waals surface area contributed by atoms with Gasteiger partial charge in [0.15, 0.2) is 0 Å². The number of hydrogen-bond acceptors (Lipinski definition) is 2. The number of halogens is 2. The van der Waals surface area contributed by atoms with Crippen molar-refractivity contribution in [3.63, 3.8) is 0 Å². The Balaban J connectivity index is 2.31. The largest absolute Gasteiger partial charge is 0.248 e. The lowest BCUT2D eigenvalue weighted by Gasteiger charge is -2.05. The Kier molecular flexibility index (Phi) is 3.90. The molecule has 4 heteroatoms. The van der Waals surface area contributed by atoms with E-state index in [2.05, 4.69) is 20.9 Å². The molecule has 0 N–H and O–H groups in total. The molecule has 1 aromatic heterocycles. The van der Waals surface area contributed by atoms with Crippen molar-refractivity contribution in [1.29, 1.82) is 0 Å². The van der Waals surface area contributed by atoms with Gasteiger partial charge in [-0.1, -0.05) is 35.5 Å². The molecule has 0 bridgehead atoms. The van der Waals surface area contributed by atoms with Gasteiger partial charge in [0, 0.05) is 11.1 Å². The predicted molar refractivity (Wildman–Crippen MR) is 72.2 cm³/mol. The van der Waals surface area contributed by atoms with E-state index in [1.54, 1.807) is 11.8 Å². The molecule has 0 unspecified atom stereocenters. The molecule has 1 nitrogen and oxygen atoms in total. The molecule has 0 saturated carbocycles. The monoisotopic (exact) mass is 313 g/mol. The van der Waals surface area contributed by atoms with Gasteiger partial charge < -0.3 is 0 Å². The van der Waals surface area contributed by atoms with Crippen LogP contribution >= 0.6 is 39.3 Å². The maximum absolute atomic E-state index is 6.09. The summed E-state index contributed by atoms with van der Waals surface area (Å²) in [5.41, 5.74) is 1.13. The van der Waals surface area contributed by atoms with Crippen LogP contribution in [-0.4, -0.2) is 4.98 Å². The van der Waals surface area contributed by atoms with Crippen LogP contribution in [0.3, 0.4) is 0 Å². The number of benzene rings is 1. The highest BCUT2D eigenvalue weighted by Gasteiger charge is 2.06. The first-order chi connectivity index (χ1) is 7.66. The number of aromatic nitrogens is 1. The molecule has 16 heavy (non-hydrogen) atoms. The van der Waals surface area contributed by atoms with E-state index in [1.807, 2.05) is 43.5 Å². The lowest BCUT2D eigenvalue weighted by atomic mass is 10.3. The zero-order valence-corrected chi connectivity index (χ0v) is 11.7. The van der Waals surface area contributed by atoms with Gasteiger partial charge in [-0.05, 0) is 46.6 Å². The topological polar surface area (TPSA) is 12.9 Å². The lowest BCUT2D eigenvalue weighted by molar-refractivity contribution is 1.08. The van der Waals surface area contributed by atoms with Gasteiger partial charge in [-0.25, -0.2) is 4.98 Å². The van der Waals surface area contributed by atoms with E-state index in [0.717, 1.165) is 25.0 Å². The third kappa shape index (κ3) is 2.78. The van der Waals surface area contributed by atoms with Crippen molar-refractivity contribution >= 4 is 39.3 Å². The normalized spacial score (nSPS) is 10.4. The molecule has 2 rings (SSSR count). The summed E-state index contributed by atoms with van der Waals surface area (Å²) in [5.74, 6) is 0. The lowest BCUT2D eigenvalue weighted by Crippen LogP contribution is -1.84. The second kappa shape index (κ2) is 5.21. The van der Waals surface area contributed by atoms with Crippen molar-refractivity contribution in [1.82, 2.24) is 4.98 Å². The van der Waals surface area contributed by atoms with E-state index in [0.29, 0.717) is 0 Å². The molecular formula is C12H9BrClNS. The Labute approximate surface area is 112 Å². The van der Waals surface area contributed by atoms with Crippen LogP contribution in [0.15, 0.2) is 50.9 Å². The van der Waals surface area contributed by atoms with Crippen LogP contribution < -0.4 is 0 Å². The molecule has 1 aromatic carbocycles. The average Bonchev–Trinajstić information content (AvgIpc) is 2.25. The van der Waals surface area contributed by atoms with Gasteiger partial charge in [-0.3, -0.25) is 0 Å². The molecule has 1 heterocycles. The van der Waals surface area contributed by atoms with Crippen molar-refractivity contribution in [3.05, 3.63) is 51.6 Å². The van der Waals surface area contributed by atoms with Crippen molar-refractivity contribution < 1.29 is 0 Å². The van der Waals surface area contributed by atoms with E-state index in [1.165, 1.54) is 0 Å². The summed E-state index contributed by atoms with van der Waals surface area (Å²) < 4.78 is 0.998. The van der Waals surface area contributed by atoms with Crippen LogP contribution in [-0.2, 0) is 0 Å². The Bertz CT molecular complexity index is 516. The minimum Gasteiger partial charge on any atom is -0.248 e. The quantitative estimate of drug-likeness (QED) is 0.777. The molecule has 0 aliphatic rings. The Hall–Kier alpha value is -0.510. The third-order valence-corrected chi connectivity index (χ3v) is 4.39. The summed E-state index contributed by atoms with van der Waals surface area (Å²) in [6, 6.07) is 9.81. The van der Waals surface area contributed by atoms with Crippen LogP contribution in [0.5, 0.6) is 0 Å². The highest BCUT2D eigenvalue weighted by molar-refractivity contribution is 9.10. The third-order valence-electron chi connectivity index (χ3n) is 1.99. The van der Waals surface area contributed by atoms with E-state index >= 15 is 0 Å². The van der Waals surface area contributed by atoms with Crippen molar-refractivity contribution in [3.8, 4) is 0 Å². The molecule has 2 aromatic rings. The molecule has 0 atom stereocenters. The molecule has 82 valence electrons. The summed E-state index contributed by atoms with van der Waals surface area (Å²) in [5, 5.41) is 1.68. The molecule has 0 fully saturated rings. The summed E-state index contributed by atoms with van der Waals surface area (Å²) in [4.78, 5) is 5.39. The van der Waals surface area contributed by atoms with E-state index < -0.39 is 0 Å². The minimum absolute atomic E-state index is 0.752. The van der Waals surface area contributed by atoms with E-state index in [9.17, 15) is 0 Å². The zero-order chi connectivity index (χ0) is 11.5. The number of rotatable bonds is 2. The van der Waals surface area contributed by atoms with Crippen molar-refractivity contribution in [2.24, 2.45) is 0 Å². The Morgan fingerprint density at radius 1 is 1.31 bits per heavy atom. The maximum atomic E-state index is 6.09. The molecule has 0 aliphatic heterocycles. The van der Waals surface area contributed by atoms with Crippen molar-refractivity contribution in [2.75, 3.05) is 0 Å². The number of nitrogens with zero attached hydrogens (tertiary/aromatic N) is 1. The summed E-state index contributed by atoms with van der Waals surface area (Å²) in [7, 11) is 0. The number of pyridine rings is 1. The van der Waals surface area contributed by atoms with Crippen molar-refractivity contribution in [2.45, 2.75) is 16.8 Å². The highest BCUT2D eigenvalue weighted by atomic mass is 79.9. The number of hydrogen-bond donors (Lipinski definition) is 0. The van der Waals surface area contributed by atoms with Gasteiger partial charge in [0.25, 0.3) is 0 Å². The van der Waals surface area contributed by atoms with Crippen LogP contribution in [0.4, 0.5) is 0 Å². The molecular weight excluding hydrogens is 306 g/mol. The Morgan fingerprint density at radius 3 is 2.75 bits per heavy atom.